The second-order valence-electron chi connectivity index (χ2n) is 4.25. The predicted molar refractivity (Wildman–Crippen MR) is 71.7 cm³/mol. The third-order valence-electron chi connectivity index (χ3n) is 2.69. The fourth-order valence-electron chi connectivity index (χ4n) is 1.73. The van der Waals surface area contributed by atoms with Crippen molar-refractivity contribution in [3.63, 3.8) is 0 Å². The van der Waals surface area contributed by atoms with E-state index in [1.165, 1.54) is 25.3 Å². The summed E-state index contributed by atoms with van der Waals surface area (Å²) in [6.07, 6.45) is -0.0786. The van der Waals surface area contributed by atoms with Crippen molar-refractivity contribution >= 4 is 22.8 Å². The fourth-order valence-corrected chi connectivity index (χ4v) is 1.73. The third kappa shape index (κ3) is 3.43. The van der Waals surface area contributed by atoms with Gasteiger partial charge in [0.1, 0.15) is 5.52 Å². The SMILES string of the molecule is COCC(O)CCNc1nc2cc([N+](=O)[O-])ccc2o1. The van der Waals surface area contributed by atoms with Gasteiger partial charge in [-0.1, -0.05) is 0 Å². The Bertz CT molecular complexity index is 598. The molecule has 0 radical (unpaired) electrons. The fraction of sp³-hybridized carbons (Fsp3) is 0.417. The summed E-state index contributed by atoms with van der Waals surface area (Å²) in [4.78, 5) is 14.3. The van der Waals surface area contributed by atoms with E-state index in [0.29, 0.717) is 24.1 Å². The number of anilines is 1. The zero-order chi connectivity index (χ0) is 14.5. The Morgan fingerprint density at radius 3 is 3.10 bits per heavy atom. The van der Waals surface area contributed by atoms with Gasteiger partial charge in [0.15, 0.2) is 5.58 Å². The molecular formula is C12H15N3O5. The second kappa shape index (κ2) is 6.31. The minimum absolute atomic E-state index is 0.0344. The summed E-state index contributed by atoms with van der Waals surface area (Å²) >= 11 is 0. The lowest BCUT2D eigenvalue weighted by atomic mass is 10.3. The van der Waals surface area contributed by atoms with Gasteiger partial charge in [0, 0.05) is 25.8 Å². The van der Waals surface area contributed by atoms with Crippen LogP contribution in [0.5, 0.6) is 0 Å². The number of benzene rings is 1. The monoisotopic (exact) mass is 281 g/mol. The molecule has 108 valence electrons. The number of aliphatic hydroxyl groups excluding tert-OH is 1. The molecule has 2 aromatic rings. The van der Waals surface area contributed by atoms with Crippen LogP contribution in [0.15, 0.2) is 22.6 Å². The number of nitrogens with zero attached hydrogens (tertiary/aromatic N) is 2. The van der Waals surface area contributed by atoms with Gasteiger partial charge in [-0.25, -0.2) is 0 Å². The zero-order valence-electron chi connectivity index (χ0n) is 10.9. The molecule has 1 aromatic heterocycles. The van der Waals surface area contributed by atoms with Gasteiger partial charge in [-0.15, -0.1) is 0 Å². The lowest BCUT2D eigenvalue weighted by Gasteiger charge is -2.08. The van der Waals surface area contributed by atoms with Crippen LogP contribution in [0.4, 0.5) is 11.7 Å². The molecule has 20 heavy (non-hydrogen) atoms. The lowest BCUT2D eigenvalue weighted by molar-refractivity contribution is -0.384. The zero-order valence-corrected chi connectivity index (χ0v) is 10.9. The average Bonchev–Trinajstić information content (AvgIpc) is 2.80. The average molecular weight is 281 g/mol. The number of nitro benzene ring substituents is 1. The minimum Gasteiger partial charge on any atom is -0.424 e. The van der Waals surface area contributed by atoms with Crippen molar-refractivity contribution in [2.24, 2.45) is 0 Å². The molecule has 0 fully saturated rings. The van der Waals surface area contributed by atoms with Gasteiger partial charge in [0.2, 0.25) is 0 Å². The molecule has 1 aromatic carbocycles. The number of rotatable bonds is 7. The minimum atomic E-state index is -0.557. The van der Waals surface area contributed by atoms with Crippen LogP contribution in [0.25, 0.3) is 11.1 Å². The van der Waals surface area contributed by atoms with Crippen LogP contribution >= 0.6 is 0 Å². The van der Waals surface area contributed by atoms with Gasteiger partial charge < -0.3 is 19.6 Å². The topological polar surface area (TPSA) is 111 Å². The molecule has 1 unspecified atom stereocenters. The molecule has 1 atom stereocenters. The third-order valence-corrected chi connectivity index (χ3v) is 2.69. The molecule has 0 aliphatic rings. The summed E-state index contributed by atoms with van der Waals surface area (Å²) in [5.74, 6) is 0. The number of oxazole rings is 1. The van der Waals surface area contributed by atoms with Crippen LogP contribution < -0.4 is 5.32 Å². The molecule has 8 heteroatoms. The maximum atomic E-state index is 10.7. The Balaban J connectivity index is 1.99. The second-order valence-corrected chi connectivity index (χ2v) is 4.25. The number of ether oxygens (including phenoxy) is 1. The highest BCUT2D eigenvalue weighted by Gasteiger charge is 2.11. The van der Waals surface area contributed by atoms with Crippen molar-refractivity contribution in [2.45, 2.75) is 12.5 Å². The first-order chi connectivity index (χ1) is 9.60. The van der Waals surface area contributed by atoms with Crippen LogP contribution in [0.1, 0.15) is 6.42 Å². The number of aromatic nitrogens is 1. The van der Waals surface area contributed by atoms with E-state index >= 15 is 0 Å². The Hall–Kier alpha value is -2.19. The summed E-state index contributed by atoms with van der Waals surface area (Å²) in [6, 6.07) is 4.49. The number of nitrogens with one attached hydrogen (secondary N) is 1. The molecule has 2 N–H and O–H groups in total. The van der Waals surface area contributed by atoms with Crippen molar-refractivity contribution in [1.29, 1.82) is 0 Å². The van der Waals surface area contributed by atoms with Gasteiger partial charge in [-0.05, 0) is 12.5 Å². The summed E-state index contributed by atoms with van der Waals surface area (Å²) in [7, 11) is 1.52. The Morgan fingerprint density at radius 2 is 2.40 bits per heavy atom. The first-order valence-electron chi connectivity index (χ1n) is 6.06. The van der Waals surface area contributed by atoms with Crippen molar-refractivity contribution in [1.82, 2.24) is 4.98 Å². The van der Waals surface area contributed by atoms with Crippen LogP contribution in [0.2, 0.25) is 0 Å². The highest BCUT2D eigenvalue weighted by molar-refractivity contribution is 5.77. The van der Waals surface area contributed by atoms with E-state index in [-0.39, 0.29) is 18.3 Å². The van der Waals surface area contributed by atoms with E-state index in [9.17, 15) is 15.2 Å². The van der Waals surface area contributed by atoms with Crippen LogP contribution in [0.3, 0.4) is 0 Å². The number of methoxy groups -OCH3 is 1. The first kappa shape index (κ1) is 14.2. The largest absolute Gasteiger partial charge is 0.424 e. The van der Waals surface area contributed by atoms with E-state index < -0.39 is 11.0 Å². The molecular weight excluding hydrogens is 266 g/mol. The molecule has 0 spiro atoms. The number of non-ortho nitro benzene ring substituents is 1. The summed E-state index contributed by atoms with van der Waals surface area (Å²) in [5, 5.41) is 23.0. The quantitative estimate of drug-likeness (QED) is 0.585. The van der Waals surface area contributed by atoms with Crippen molar-refractivity contribution < 1.29 is 19.2 Å². The predicted octanol–water partition coefficient (Wildman–Crippen LogP) is 1.55. The van der Waals surface area contributed by atoms with E-state index in [2.05, 4.69) is 10.3 Å². The van der Waals surface area contributed by atoms with E-state index in [4.69, 9.17) is 9.15 Å². The number of hydrogen-bond donors (Lipinski definition) is 2. The molecule has 0 bridgehead atoms. The van der Waals surface area contributed by atoms with Gasteiger partial charge in [0.25, 0.3) is 11.7 Å². The van der Waals surface area contributed by atoms with Crippen LogP contribution in [-0.4, -0.2) is 41.4 Å². The standard InChI is InChI=1S/C12H15N3O5/c1-19-7-9(16)4-5-13-12-14-10-6-8(15(17)18)2-3-11(10)20-12/h2-3,6,9,16H,4-5,7H2,1H3,(H,13,14). The molecule has 0 amide bonds. The maximum Gasteiger partial charge on any atom is 0.295 e. The number of hydrogen-bond acceptors (Lipinski definition) is 7. The highest BCUT2D eigenvalue weighted by Crippen LogP contribution is 2.23. The summed E-state index contributed by atoms with van der Waals surface area (Å²) in [5.41, 5.74) is 0.850. The van der Waals surface area contributed by atoms with Gasteiger partial charge in [0.05, 0.1) is 17.6 Å². The van der Waals surface area contributed by atoms with E-state index in [1.807, 2.05) is 0 Å². The molecule has 1 heterocycles. The summed E-state index contributed by atoms with van der Waals surface area (Å²) in [6.45, 7) is 0.723. The smallest absolute Gasteiger partial charge is 0.295 e. The Labute approximate surface area is 114 Å². The molecule has 0 saturated heterocycles. The maximum absolute atomic E-state index is 10.7. The van der Waals surface area contributed by atoms with Crippen molar-refractivity contribution in [2.75, 3.05) is 25.6 Å². The van der Waals surface area contributed by atoms with E-state index in [0.717, 1.165) is 0 Å². The summed E-state index contributed by atoms with van der Waals surface area (Å²) < 4.78 is 10.2. The van der Waals surface area contributed by atoms with Gasteiger partial charge in [-0.3, -0.25) is 10.1 Å². The molecule has 0 aliphatic heterocycles. The van der Waals surface area contributed by atoms with Crippen LogP contribution in [0, 0.1) is 10.1 Å². The molecule has 0 aliphatic carbocycles. The normalized spacial score (nSPS) is 12.5. The van der Waals surface area contributed by atoms with Crippen molar-refractivity contribution in [3.8, 4) is 0 Å². The Morgan fingerprint density at radius 1 is 1.60 bits per heavy atom. The van der Waals surface area contributed by atoms with E-state index in [1.54, 1.807) is 0 Å². The first-order valence-corrected chi connectivity index (χ1v) is 6.06. The molecule has 2 rings (SSSR count). The van der Waals surface area contributed by atoms with Crippen molar-refractivity contribution in [3.05, 3.63) is 28.3 Å². The van der Waals surface area contributed by atoms with Gasteiger partial charge in [-0.2, -0.15) is 4.98 Å². The number of fused-ring (bicyclic) bond motifs is 1. The highest BCUT2D eigenvalue weighted by atomic mass is 16.6. The van der Waals surface area contributed by atoms with Crippen LogP contribution in [-0.2, 0) is 4.74 Å². The molecule has 8 nitrogen and oxygen atoms in total. The van der Waals surface area contributed by atoms with Gasteiger partial charge >= 0.3 is 0 Å². The number of aliphatic hydroxyl groups is 1. The molecule has 0 saturated carbocycles. The number of nitro groups is 1. The lowest BCUT2D eigenvalue weighted by Crippen LogP contribution is -2.18. The Kier molecular flexibility index (Phi) is 4.49.